The van der Waals surface area contributed by atoms with E-state index in [4.69, 9.17) is 9.47 Å². The lowest BCUT2D eigenvalue weighted by Crippen LogP contribution is -2.26. The first-order valence-corrected chi connectivity index (χ1v) is 7.48. The lowest BCUT2D eigenvalue weighted by atomic mass is 9.99. The molecule has 1 aliphatic carbocycles. The summed E-state index contributed by atoms with van der Waals surface area (Å²) >= 11 is 3.50. The quantitative estimate of drug-likeness (QED) is 0.835. The highest BCUT2D eigenvalue weighted by Crippen LogP contribution is 2.37. The van der Waals surface area contributed by atoms with Crippen molar-refractivity contribution in [1.29, 1.82) is 0 Å². The number of fused-ring (bicyclic) bond motifs is 1. The van der Waals surface area contributed by atoms with Crippen LogP contribution in [-0.2, 0) is 22.4 Å². The Morgan fingerprint density at radius 1 is 1.53 bits per heavy atom. The predicted molar refractivity (Wildman–Crippen MR) is 75.6 cm³/mol. The zero-order valence-electron chi connectivity index (χ0n) is 10.9. The minimum absolute atomic E-state index is 0.167. The maximum absolute atomic E-state index is 12.3. The fourth-order valence-electron chi connectivity index (χ4n) is 2.75. The fraction of sp³-hybridized carbons (Fsp3) is 0.533. The van der Waals surface area contributed by atoms with Crippen LogP contribution in [0.15, 0.2) is 16.6 Å². The van der Waals surface area contributed by atoms with E-state index < -0.39 is 0 Å². The molecule has 1 heterocycles. The number of halogens is 1. The van der Waals surface area contributed by atoms with E-state index in [0.29, 0.717) is 18.9 Å². The van der Waals surface area contributed by atoms with Gasteiger partial charge >= 0.3 is 0 Å². The Kier molecular flexibility index (Phi) is 3.63. The number of hydrogen-bond acceptors (Lipinski definition) is 3. The molecule has 0 saturated heterocycles. The molecule has 102 valence electrons. The molecule has 0 bridgehead atoms. The van der Waals surface area contributed by atoms with Gasteiger partial charge in [-0.05, 0) is 36.5 Å². The highest BCUT2D eigenvalue weighted by molar-refractivity contribution is 9.10. The van der Waals surface area contributed by atoms with E-state index in [1.807, 2.05) is 6.07 Å². The summed E-state index contributed by atoms with van der Waals surface area (Å²) in [6.07, 6.45) is 3.30. The number of hydrogen-bond donors (Lipinski definition) is 0. The number of Topliss-reactive ketones (excluding diaryl/α,β-unsaturated/α-hetero) is 1. The van der Waals surface area contributed by atoms with Crippen molar-refractivity contribution >= 4 is 21.7 Å². The van der Waals surface area contributed by atoms with E-state index in [1.165, 1.54) is 5.56 Å². The largest absolute Gasteiger partial charge is 0.493 e. The molecule has 1 aromatic rings. The van der Waals surface area contributed by atoms with E-state index >= 15 is 0 Å². The van der Waals surface area contributed by atoms with Crippen molar-refractivity contribution in [1.82, 2.24) is 0 Å². The van der Waals surface area contributed by atoms with Crippen LogP contribution in [0.4, 0.5) is 0 Å². The molecule has 0 aromatic heterocycles. The predicted octanol–water partition coefficient (Wildman–Crippen LogP) is 2.92. The average molecular weight is 325 g/mol. The summed E-state index contributed by atoms with van der Waals surface area (Å²) in [5.41, 5.74) is 2.17. The molecule has 1 fully saturated rings. The lowest BCUT2D eigenvalue weighted by Gasteiger charge is -2.14. The van der Waals surface area contributed by atoms with Gasteiger partial charge in [-0.15, -0.1) is 0 Å². The zero-order valence-corrected chi connectivity index (χ0v) is 12.5. The second-order valence-electron chi connectivity index (χ2n) is 5.29. The van der Waals surface area contributed by atoms with Crippen LogP contribution in [0.5, 0.6) is 5.75 Å². The van der Waals surface area contributed by atoms with Gasteiger partial charge in [-0.25, -0.2) is 0 Å². The van der Waals surface area contributed by atoms with Crippen LogP contribution in [-0.4, -0.2) is 25.6 Å². The minimum Gasteiger partial charge on any atom is -0.493 e. The monoisotopic (exact) mass is 324 g/mol. The molecule has 1 aliphatic heterocycles. The Bertz CT molecular complexity index is 508. The van der Waals surface area contributed by atoms with Crippen LogP contribution in [0.1, 0.15) is 24.0 Å². The molecule has 0 radical (unpaired) electrons. The van der Waals surface area contributed by atoms with E-state index in [9.17, 15) is 4.79 Å². The highest BCUT2D eigenvalue weighted by atomic mass is 79.9. The van der Waals surface area contributed by atoms with Gasteiger partial charge < -0.3 is 9.47 Å². The van der Waals surface area contributed by atoms with Gasteiger partial charge in [0, 0.05) is 30.0 Å². The molecule has 1 aromatic carbocycles. The van der Waals surface area contributed by atoms with Crippen molar-refractivity contribution in [2.45, 2.75) is 31.8 Å². The third-order valence-electron chi connectivity index (χ3n) is 3.81. The molecule has 4 heteroatoms. The van der Waals surface area contributed by atoms with E-state index in [2.05, 4.69) is 22.0 Å². The van der Waals surface area contributed by atoms with Crippen molar-refractivity contribution in [3.05, 3.63) is 27.7 Å². The summed E-state index contributed by atoms with van der Waals surface area (Å²) < 4.78 is 12.0. The van der Waals surface area contributed by atoms with Gasteiger partial charge in [-0.3, -0.25) is 4.79 Å². The first-order chi connectivity index (χ1) is 9.19. The van der Waals surface area contributed by atoms with Crippen LogP contribution in [0.3, 0.4) is 0 Å². The number of carbonyl (C=O) groups excluding carboxylic acids is 1. The van der Waals surface area contributed by atoms with Gasteiger partial charge in [-0.2, -0.15) is 0 Å². The van der Waals surface area contributed by atoms with Gasteiger partial charge in [0.25, 0.3) is 0 Å². The molecule has 0 spiro atoms. The van der Waals surface area contributed by atoms with Gasteiger partial charge in [0.1, 0.15) is 11.9 Å². The molecule has 1 saturated carbocycles. The number of ketones is 1. The molecular weight excluding hydrogens is 308 g/mol. The van der Waals surface area contributed by atoms with Gasteiger partial charge in [0.05, 0.1) is 6.61 Å². The van der Waals surface area contributed by atoms with E-state index in [-0.39, 0.29) is 11.9 Å². The van der Waals surface area contributed by atoms with Crippen molar-refractivity contribution in [2.24, 2.45) is 5.92 Å². The maximum atomic E-state index is 12.3. The molecule has 1 atom stereocenters. The van der Waals surface area contributed by atoms with Crippen LogP contribution < -0.4 is 4.74 Å². The van der Waals surface area contributed by atoms with E-state index in [0.717, 1.165) is 35.0 Å². The Labute approximate surface area is 121 Å². The van der Waals surface area contributed by atoms with Crippen molar-refractivity contribution < 1.29 is 14.3 Å². The Morgan fingerprint density at radius 3 is 3.00 bits per heavy atom. The van der Waals surface area contributed by atoms with Crippen molar-refractivity contribution in [3.63, 3.8) is 0 Å². The van der Waals surface area contributed by atoms with Gasteiger partial charge in [0.15, 0.2) is 5.78 Å². The van der Waals surface area contributed by atoms with E-state index in [1.54, 1.807) is 7.11 Å². The summed E-state index contributed by atoms with van der Waals surface area (Å²) in [7, 11) is 1.63. The maximum Gasteiger partial charge on any atom is 0.166 e. The highest BCUT2D eigenvalue weighted by Gasteiger charge is 2.36. The standard InChI is InChI=1S/C15H17BrO3/c1-18-15(9-2-3-9)13(17)8-11-7-12(16)6-10-4-5-19-14(10)11/h6-7,9,15H,2-5,8H2,1H3. The second kappa shape index (κ2) is 5.25. The second-order valence-corrected chi connectivity index (χ2v) is 6.20. The number of rotatable bonds is 5. The first-order valence-electron chi connectivity index (χ1n) is 6.68. The van der Waals surface area contributed by atoms with Crippen LogP contribution in [0, 0.1) is 5.92 Å². The fourth-order valence-corrected chi connectivity index (χ4v) is 3.30. The molecular formula is C15H17BrO3. The molecule has 0 amide bonds. The Morgan fingerprint density at radius 2 is 2.32 bits per heavy atom. The SMILES string of the molecule is COC(C(=O)Cc1cc(Br)cc2c1OCC2)C1CC1. The smallest absolute Gasteiger partial charge is 0.166 e. The van der Waals surface area contributed by atoms with Crippen LogP contribution in [0.25, 0.3) is 0 Å². The summed E-state index contributed by atoms with van der Waals surface area (Å²) in [5, 5.41) is 0. The van der Waals surface area contributed by atoms with Crippen LogP contribution >= 0.6 is 15.9 Å². The summed E-state index contributed by atoms with van der Waals surface area (Å²) in [5.74, 6) is 1.50. The van der Waals surface area contributed by atoms with Crippen molar-refractivity contribution in [3.8, 4) is 5.75 Å². The average Bonchev–Trinajstić information content (AvgIpc) is 3.07. The summed E-state index contributed by atoms with van der Waals surface area (Å²) in [6, 6.07) is 4.06. The lowest BCUT2D eigenvalue weighted by molar-refractivity contribution is -0.129. The number of carbonyl (C=O) groups is 1. The first kappa shape index (κ1) is 13.1. The molecule has 19 heavy (non-hydrogen) atoms. The molecule has 3 rings (SSSR count). The molecule has 3 nitrogen and oxygen atoms in total. The minimum atomic E-state index is -0.240. The zero-order chi connectivity index (χ0) is 13.4. The number of benzene rings is 1. The third kappa shape index (κ3) is 2.70. The molecule has 2 aliphatic rings. The molecule has 0 N–H and O–H groups in total. The number of methoxy groups -OCH3 is 1. The summed E-state index contributed by atoms with van der Waals surface area (Å²) in [6.45, 7) is 0.712. The van der Waals surface area contributed by atoms with Gasteiger partial charge in [-0.1, -0.05) is 15.9 Å². The molecule has 1 unspecified atom stereocenters. The summed E-state index contributed by atoms with van der Waals surface area (Å²) in [4.78, 5) is 12.3. The van der Waals surface area contributed by atoms with Crippen LogP contribution in [0.2, 0.25) is 0 Å². The Hall–Kier alpha value is -0.870. The third-order valence-corrected chi connectivity index (χ3v) is 4.27. The Balaban J connectivity index is 1.81. The number of ether oxygens (including phenoxy) is 2. The van der Waals surface area contributed by atoms with Crippen molar-refractivity contribution in [2.75, 3.05) is 13.7 Å². The normalized spacial score (nSPS) is 18.8. The van der Waals surface area contributed by atoms with Gasteiger partial charge in [0.2, 0.25) is 0 Å². The topological polar surface area (TPSA) is 35.5 Å².